The van der Waals surface area contributed by atoms with E-state index >= 15 is 0 Å². The Morgan fingerprint density at radius 2 is 2.05 bits per heavy atom. The smallest absolute Gasteiger partial charge is 0.260 e. The Balaban J connectivity index is 2.04. The van der Waals surface area contributed by atoms with Gasteiger partial charge in [-0.15, -0.1) is 0 Å². The van der Waals surface area contributed by atoms with Crippen molar-refractivity contribution in [2.45, 2.75) is 65.0 Å². The zero-order valence-electron chi connectivity index (χ0n) is 12.7. The molecule has 0 radical (unpaired) electrons. The third kappa shape index (κ3) is 3.53. The number of fused-ring (bicyclic) bond motifs is 1. The predicted molar refractivity (Wildman–Crippen MR) is 81.1 cm³/mol. The highest BCUT2D eigenvalue weighted by molar-refractivity contribution is 5.81. The minimum absolute atomic E-state index is 0.0345. The van der Waals surface area contributed by atoms with Crippen LogP contribution in [0.3, 0.4) is 0 Å². The summed E-state index contributed by atoms with van der Waals surface area (Å²) in [5.41, 5.74) is 2.67. The molecule has 3 heteroatoms. The van der Waals surface area contributed by atoms with E-state index in [-0.39, 0.29) is 11.9 Å². The summed E-state index contributed by atoms with van der Waals surface area (Å²) >= 11 is 0. The van der Waals surface area contributed by atoms with Crippen LogP contribution in [0.5, 0.6) is 5.75 Å². The standard InChI is InChI=1S/C17H25NO2/c1-4-12(2)18-17(19)13(3)20-16-11-7-9-14-8-5-6-10-15(14)16/h7,9,11-13H,4-6,8,10H2,1-3H3,(H,18,19)/t12-,13+/m1/s1. The fourth-order valence-electron chi connectivity index (χ4n) is 2.56. The van der Waals surface area contributed by atoms with Crippen molar-refractivity contribution in [2.75, 3.05) is 0 Å². The molecule has 1 aromatic rings. The molecule has 2 rings (SSSR count). The third-order valence-corrected chi connectivity index (χ3v) is 4.03. The van der Waals surface area contributed by atoms with Gasteiger partial charge >= 0.3 is 0 Å². The fourth-order valence-corrected chi connectivity index (χ4v) is 2.56. The zero-order valence-corrected chi connectivity index (χ0v) is 12.7. The average Bonchev–Trinajstić information content (AvgIpc) is 2.47. The number of carbonyl (C=O) groups is 1. The van der Waals surface area contributed by atoms with E-state index in [4.69, 9.17) is 4.74 Å². The topological polar surface area (TPSA) is 38.3 Å². The van der Waals surface area contributed by atoms with Gasteiger partial charge in [-0.2, -0.15) is 0 Å². The molecule has 1 aromatic carbocycles. The van der Waals surface area contributed by atoms with Crippen molar-refractivity contribution in [3.8, 4) is 5.75 Å². The fraction of sp³-hybridized carbons (Fsp3) is 0.588. The van der Waals surface area contributed by atoms with Gasteiger partial charge in [-0.1, -0.05) is 19.1 Å². The molecule has 1 N–H and O–H groups in total. The Kier molecular flexibility index (Phi) is 5.05. The Hall–Kier alpha value is -1.51. The number of nitrogens with one attached hydrogen (secondary N) is 1. The predicted octanol–water partition coefficient (Wildman–Crippen LogP) is 3.25. The van der Waals surface area contributed by atoms with Gasteiger partial charge in [0, 0.05) is 6.04 Å². The monoisotopic (exact) mass is 275 g/mol. The van der Waals surface area contributed by atoms with Gasteiger partial charge in [0.05, 0.1) is 0 Å². The molecule has 1 amide bonds. The molecule has 3 nitrogen and oxygen atoms in total. The summed E-state index contributed by atoms with van der Waals surface area (Å²) in [7, 11) is 0. The first-order valence-electron chi connectivity index (χ1n) is 7.69. The molecule has 0 spiro atoms. The van der Waals surface area contributed by atoms with Crippen molar-refractivity contribution >= 4 is 5.91 Å². The maximum atomic E-state index is 12.0. The lowest BCUT2D eigenvalue weighted by Crippen LogP contribution is -2.41. The van der Waals surface area contributed by atoms with Crippen LogP contribution in [0.4, 0.5) is 0 Å². The summed E-state index contributed by atoms with van der Waals surface area (Å²) in [5.74, 6) is 0.849. The Morgan fingerprint density at radius 3 is 2.80 bits per heavy atom. The van der Waals surface area contributed by atoms with Gasteiger partial charge in [-0.25, -0.2) is 0 Å². The summed E-state index contributed by atoms with van der Waals surface area (Å²) in [4.78, 5) is 12.0. The number of rotatable bonds is 5. The number of ether oxygens (including phenoxy) is 1. The van der Waals surface area contributed by atoms with Crippen LogP contribution in [0.15, 0.2) is 18.2 Å². The quantitative estimate of drug-likeness (QED) is 0.896. The van der Waals surface area contributed by atoms with Crippen LogP contribution in [-0.4, -0.2) is 18.1 Å². The van der Waals surface area contributed by atoms with Gasteiger partial charge < -0.3 is 10.1 Å². The molecule has 0 unspecified atom stereocenters. The molecule has 20 heavy (non-hydrogen) atoms. The molecule has 1 aliphatic rings. The highest BCUT2D eigenvalue weighted by Gasteiger charge is 2.19. The molecule has 2 atom stereocenters. The molecule has 0 heterocycles. The second-order valence-electron chi connectivity index (χ2n) is 5.68. The summed E-state index contributed by atoms with van der Waals surface area (Å²) in [6.45, 7) is 5.89. The van der Waals surface area contributed by atoms with Crippen molar-refractivity contribution in [1.29, 1.82) is 0 Å². The van der Waals surface area contributed by atoms with Crippen LogP contribution in [0.1, 0.15) is 51.2 Å². The third-order valence-electron chi connectivity index (χ3n) is 4.03. The average molecular weight is 275 g/mol. The van der Waals surface area contributed by atoms with Gasteiger partial charge in [-0.3, -0.25) is 4.79 Å². The first kappa shape index (κ1) is 14.9. The van der Waals surface area contributed by atoms with E-state index in [0.29, 0.717) is 0 Å². The van der Waals surface area contributed by atoms with E-state index in [1.54, 1.807) is 0 Å². The number of amides is 1. The van der Waals surface area contributed by atoms with Crippen molar-refractivity contribution in [3.63, 3.8) is 0 Å². The van der Waals surface area contributed by atoms with E-state index in [0.717, 1.165) is 25.0 Å². The first-order valence-corrected chi connectivity index (χ1v) is 7.69. The van der Waals surface area contributed by atoms with Crippen LogP contribution in [0, 0.1) is 0 Å². The van der Waals surface area contributed by atoms with Crippen molar-refractivity contribution in [1.82, 2.24) is 5.32 Å². The van der Waals surface area contributed by atoms with Crippen LogP contribution in [-0.2, 0) is 17.6 Å². The minimum atomic E-state index is -0.447. The normalized spacial score (nSPS) is 16.9. The highest BCUT2D eigenvalue weighted by Crippen LogP contribution is 2.30. The van der Waals surface area contributed by atoms with E-state index in [1.165, 1.54) is 24.0 Å². The Labute approximate surface area is 121 Å². The maximum absolute atomic E-state index is 12.0. The van der Waals surface area contributed by atoms with Gasteiger partial charge in [0.2, 0.25) is 0 Å². The molecule has 1 aliphatic carbocycles. The molecular formula is C17H25NO2. The molecular weight excluding hydrogens is 250 g/mol. The highest BCUT2D eigenvalue weighted by atomic mass is 16.5. The number of benzene rings is 1. The van der Waals surface area contributed by atoms with Crippen LogP contribution in [0.25, 0.3) is 0 Å². The summed E-state index contributed by atoms with van der Waals surface area (Å²) in [5, 5.41) is 2.97. The van der Waals surface area contributed by atoms with Gasteiger partial charge in [-0.05, 0) is 63.1 Å². The Morgan fingerprint density at radius 1 is 1.30 bits per heavy atom. The van der Waals surface area contributed by atoms with Crippen molar-refractivity contribution < 1.29 is 9.53 Å². The molecule has 0 aliphatic heterocycles. The van der Waals surface area contributed by atoms with E-state index in [1.807, 2.05) is 26.0 Å². The number of aryl methyl sites for hydroxylation is 1. The van der Waals surface area contributed by atoms with Crippen LogP contribution in [0.2, 0.25) is 0 Å². The van der Waals surface area contributed by atoms with Crippen LogP contribution >= 0.6 is 0 Å². The maximum Gasteiger partial charge on any atom is 0.260 e. The minimum Gasteiger partial charge on any atom is -0.481 e. The summed E-state index contributed by atoms with van der Waals surface area (Å²) in [6.07, 6.45) is 5.13. The van der Waals surface area contributed by atoms with Crippen molar-refractivity contribution in [2.24, 2.45) is 0 Å². The molecule has 0 saturated carbocycles. The lowest BCUT2D eigenvalue weighted by Gasteiger charge is -2.22. The molecule has 0 bridgehead atoms. The summed E-state index contributed by atoms with van der Waals surface area (Å²) in [6, 6.07) is 6.37. The number of carbonyl (C=O) groups excluding carboxylic acids is 1. The first-order chi connectivity index (χ1) is 9.61. The summed E-state index contributed by atoms with van der Waals surface area (Å²) < 4.78 is 5.91. The zero-order chi connectivity index (χ0) is 14.5. The van der Waals surface area contributed by atoms with Crippen LogP contribution < -0.4 is 10.1 Å². The lowest BCUT2D eigenvalue weighted by atomic mass is 9.91. The Bertz CT molecular complexity index is 470. The van der Waals surface area contributed by atoms with Gasteiger partial charge in [0.15, 0.2) is 6.10 Å². The second kappa shape index (κ2) is 6.78. The van der Waals surface area contributed by atoms with E-state index < -0.39 is 6.10 Å². The largest absolute Gasteiger partial charge is 0.481 e. The van der Waals surface area contributed by atoms with Gasteiger partial charge in [0.1, 0.15) is 5.75 Å². The number of hydrogen-bond donors (Lipinski definition) is 1. The molecule has 0 saturated heterocycles. The van der Waals surface area contributed by atoms with Crippen molar-refractivity contribution in [3.05, 3.63) is 29.3 Å². The van der Waals surface area contributed by atoms with Gasteiger partial charge in [0.25, 0.3) is 5.91 Å². The SMILES string of the molecule is CC[C@@H](C)NC(=O)[C@H](C)Oc1cccc2c1CCCC2. The molecule has 0 fully saturated rings. The second-order valence-corrected chi connectivity index (χ2v) is 5.68. The van der Waals surface area contributed by atoms with E-state index in [9.17, 15) is 4.79 Å². The number of hydrogen-bond acceptors (Lipinski definition) is 2. The molecule has 0 aromatic heterocycles. The lowest BCUT2D eigenvalue weighted by molar-refractivity contribution is -0.127. The van der Waals surface area contributed by atoms with E-state index in [2.05, 4.69) is 18.3 Å². The molecule has 110 valence electrons.